The van der Waals surface area contributed by atoms with Crippen LogP contribution in [0.4, 0.5) is 0 Å². The van der Waals surface area contributed by atoms with Gasteiger partial charge in [-0.3, -0.25) is 9.59 Å². The van der Waals surface area contributed by atoms with Crippen LogP contribution in [-0.2, 0) is 19.7 Å². The van der Waals surface area contributed by atoms with Crippen LogP contribution < -0.4 is 0 Å². The van der Waals surface area contributed by atoms with Crippen LogP contribution in [0.15, 0.2) is 30.3 Å². The Morgan fingerprint density at radius 2 is 1.58 bits per heavy atom. The molecule has 0 amide bonds. The zero-order valence-electron chi connectivity index (χ0n) is 11.3. The van der Waals surface area contributed by atoms with Crippen molar-refractivity contribution >= 4 is 11.6 Å². The van der Waals surface area contributed by atoms with E-state index >= 15 is 0 Å². The Bertz CT molecular complexity index is 620. The van der Waals surface area contributed by atoms with E-state index in [1.54, 1.807) is 6.92 Å². The first-order valence-electron chi connectivity index (χ1n) is 6.70. The van der Waals surface area contributed by atoms with Crippen LogP contribution in [-0.4, -0.2) is 23.3 Å². The van der Waals surface area contributed by atoms with E-state index in [2.05, 4.69) is 0 Å². The first-order valence-corrected chi connectivity index (χ1v) is 6.70. The van der Waals surface area contributed by atoms with Gasteiger partial charge in [-0.15, -0.1) is 0 Å². The molecule has 1 aromatic carbocycles. The van der Waals surface area contributed by atoms with Gasteiger partial charge in [-0.05, 0) is 12.5 Å². The van der Waals surface area contributed by atoms with Gasteiger partial charge in [0.05, 0.1) is 0 Å². The van der Waals surface area contributed by atoms with E-state index in [-0.39, 0.29) is 22.9 Å². The summed E-state index contributed by atoms with van der Waals surface area (Å²) < 4.78 is 5.39. The maximum absolute atomic E-state index is 12.6. The van der Waals surface area contributed by atoms with Crippen LogP contribution in [0.3, 0.4) is 0 Å². The maximum atomic E-state index is 12.6. The Morgan fingerprint density at radius 1 is 0.947 bits per heavy atom. The summed E-state index contributed by atoms with van der Waals surface area (Å²) in [5.74, 6) is -0.0319. The SMILES string of the molecule is C[C@@]12OC1C(=O)[C@]1(C)C(C2=O)[C@]1(C)c1ccccc1. The lowest BCUT2D eigenvalue weighted by Crippen LogP contribution is -2.39. The second-order valence-electron chi connectivity index (χ2n) is 6.54. The van der Waals surface area contributed by atoms with Crippen LogP contribution in [0.25, 0.3) is 0 Å². The molecule has 1 aliphatic heterocycles. The van der Waals surface area contributed by atoms with Crippen molar-refractivity contribution in [1.82, 2.24) is 0 Å². The van der Waals surface area contributed by atoms with E-state index in [9.17, 15) is 9.59 Å². The number of carbonyl (C=O) groups is 2. The predicted octanol–water partition coefficient (Wildman–Crippen LogP) is 1.89. The molecule has 1 aromatic rings. The molecule has 3 heteroatoms. The normalized spacial score (nSPS) is 50.5. The van der Waals surface area contributed by atoms with Gasteiger partial charge in [0.1, 0.15) is 0 Å². The fourth-order valence-corrected chi connectivity index (χ4v) is 4.23. The van der Waals surface area contributed by atoms with Gasteiger partial charge >= 0.3 is 0 Å². The summed E-state index contributed by atoms with van der Waals surface area (Å²) >= 11 is 0. The Morgan fingerprint density at radius 3 is 2.21 bits per heavy atom. The van der Waals surface area contributed by atoms with Gasteiger partial charge < -0.3 is 4.74 Å². The molecule has 0 aromatic heterocycles. The van der Waals surface area contributed by atoms with Crippen LogP contribution in [0.2, 0.25) is 0 Å². The molecule has 2 unspecified atom stereocenters. The maximum Gasteiger partial charge on any atom is 0.172 e. The molecule has 0 N–H and O–H groups in total. The van der Waals surface area contributed by atoms with Gasteiger partial charge in [-0.2, -0.15) is 0 Å². The summed E-state index contributed by atoms with van der Waals surface area (Å²) in [5, 5.41) is 0. The second kappa shape index (κ2) is 2.83. The average Bonchev–Trinajstić information content (AvgIpc) is 3.24. The summed E-state index contributed by atoms with van der Waals surface area (Å²) in [7, 11) is 0. The Kier molecular flexibility index (Phi) is 1.69. The minimum absolute atomic E-state index is 0.103. The van der Waals surface area contributed by atoms with Crippen LogP contribution >= 0.6 is 0 Å². The highest BCUT2D eigenvalue weighted by Crippen LogP contribution is 2.76. The number of hydrogen-bond donors (Lipinski definition) is 0. The third-order valence-electron chi connectivity index (χ3n) is 5.83. The number of hydrogen-bond acceptors (Lipinski definition) is 3. The number of Topliss-reactive ketones (excluding diaryl/α,β-unsaturated/α-hetero) is 2. The highest BCUT2D eigenvalue weighted by molar-refractivity contribution is 6.16. The van der Waals surface area contributed by atoms with Crippen molar-refractivity contribution in [2.45, 2.75) is 37.9 Å². The molecule has 3 nitrogen and oxygen atoms in total. The highest BCUT2D eigenvalue weighted by Gasteiger charge is 2.88. The van der Waals surface area contributed by atoms with E-state index < -0.39 is 17.1 Å². The third kappa shape index (κ3) is 0.951. The lowest BCUT2D eigenvalue weighted by Gasteiger charge is -2.17. The lowest BCUT2D eigenvalue weighted by atomic mass is 9.80. The molecule has 1 heterocycles. The Balaban J connectivity index is 1.87. The molecule has 3 fully saturated rings. The van der Waals surface area contributed by atoms with Crippen molar-refractivity contribution in [3.63, 3.8) is 0 Å². The largest absolute Gasteiger partial charge is 0.350 e. The summed E-state index contributed by atoms with van der Waals surface area (Å²) in [5.41, 5.74) is -0.726. The fourth-order valence-electron chi connectivity index (χ4n) is 4.23. The number of ether oxygens (including phenoxy) is 1. The molecule has 4 rings (SSSR count). The number of fused-ring (bicyclic) bond motifs is 2. The van der Waals surface area contributed by atoms with Gasteiger partial charge in [-0.25, -0.2) is 0 Å². The van der Waals surface area contributed by atoms with Crippen molar-refractivity contribution in [2.24, 2.45) is 11.3 Å². The Hall–Kier alpha value is -1.48. The van der Waals surface area contributed by atoms with E-state index in [0.717, 1.165) is 5.56 Å². The fraction of sp³-hybridized carbons (Fsp3) is 0.500. The molecule has 5 atom stereocenters. The second-order valence-corrected chi connectivity index (χ2v) is 6.54. The molecule has 0 radical (unpaired) electrons. The number of benzene rings is 1. The molecule has 2 saturated carbocycles. The predicted molar refractivity (Wildman–Crippen MR) is 68.7 cm³/mol. The first kappa shape index (κ1) is 11.4. The first-order chi connectivity index (χ1) is 8.88. The Labute approximate surface area is 111 Å². The van der Waals surface area contributed by atoms with Gasteiger partial charge in [0.15, 0.2) is 23.3 Å². The standard InChI is InChI=1S/C16H16O3/c1-14(9-7-5-4-6-8-9)10-11(17)16(3)13(19-16)12(18)15(10,14)2/h4-8,10,13H,1-3H3/t10?,13?,14-,15-,16-/m0/s1. The molecule has 0 bridgehead atoms. The van der Waals surface area contributed by atoms with Gasteiger partial charge in [0, 0.05) is 16.7 Å². The van der Waals surface area contributed by atoms with Crippen molar-refractivity contribution in [2.75, 3.05) is 0 Å². The average molecular weight is 256 g/mol. The minimum atomic E-state index is -0.839. The molecule has 98 valence electrons. The summed E-state index contributed by atoms with van der Waals surface area (Å²) in [4.78, 5) is 25.2. The number of epoxide rings is 1. The monoisotopic (exact) mass is 256 g/mol. The van der Waals surface area contributed by atoms with Crippen LogP contribution in [0.1, 0.15) is 26.3 Å². The molecule has 2 aliphatic carbocycles. The summed E-state index contributed by atoms with van der Waals surface area (Å²) in [6.45, 7) is 5.71. The smallest absolute Gasteiger partial charge is 0.172 e. The summed E-state index contributed by atoms with van der Waals surface area (Å²) in [6.07, 6.45) is -0.508. The summed E-state index contributed by atoms with van der Waals surface area (Å²) in [6, 6.07) is 9.90. The molecule has 19 heavy (non-hydrogen) atoms. The number of ketones is 2. The van der Waals surface area contributed by atoms with E-state index in [1.165, 1.54) is 0 Å². The molecule has 1 saturated heterocycles. The lowest BCUT2D eigenvalue weighted by molar-refractivity contribution is -0.132. The highest BCUT2D eigenvalue weighted by atomic mass is 16.6. The molecular formula is C16H16O3. The third-order valence-corrected chi connectivity index (χ3v) is 5.83. The molecule has 3 aliphatic rings. The van der Waals surface area contributed by atoms with Crippen molar-refractivity contribution in [1.29, 1.82) is 0 Å². The molecule has 0 spiro atoms. The topological polar surface area (TPSA) is 46.7 Å². The van der Waals surface area contributed by atoms with Crippen molar-refractivity contribution < 1.29 is 14.3 Å². The van der Waals surface area contributed by atoms with Gasteiger partial charge in [0.2, 0.25) is 0 Å². The van der Waals surface area contributed by atoms with Crippen molar-refractivity contribution in [3.8, 4) is 0 Å². The molecular weight excluding hydrogens is 240 g/mol. The quantitative estimate of drug-likeness (QED) is 0.721. The van der Waals surface area contributed by atoms with E-state index in [1.807, 2.05) is 44.2 Å². The van der Waals surface area contributed by atoms with Gasteiger partial charge in [-0.1, -0.05) is 44.2 Å². The minimum Gasteiger partial charge on any atom is -0.350 e. The van der Waals surface area contributed by atoms with E-state index in [0.29, 0.717) is 0 Å². The van der Waals surface area contributed by atoms with Crippen LogP contribution in [0, 0.1) is 11.3 Å². The number of carbonyl (C=O) groups excluding carboxylic acids is 2. The van der Waals surface area contributed by atoms with Gasteiger partial charge in [0.25, 0.3) is 0 Å². The van der Waals surface area contributed by atoms with Crippen LogP contribution in [0.5, 0.6) is 0 Å². The zero-order valence-corrected chi connectivity index (χ0v) is 11.3. The van der Waals surface area contributed by atoms with Crippen molar-refractivity contribution in [3.05, 3.63) is 35.9 Å². The van der Waals surface area contributed by atoms with E-state index in [4.69, 9.17) is 4.74 Å². The zero-order chi connectivity index (χ0) is 13.6. The number of rotatable bonds is 1.